The Morgan fingerprint density at radius 1 is 1.40 bits per heavy atom. The third kappa shape index (κ3) is 3.25. The van der Waals surface area contributed by atoms with Gasteiger partial charge in [-0.25, -0.2) is 13.6 Å². The quantitative estimate of drug-likeness (QED) is 0.892. The van der Waals surface area contributed by atoms with Crippen molar-refractivity contribution in [2.75, 3.05) is 25.5 Å². The van der Waals surface area contributed by atoms with Gasteiger partial charge in [0.05, 0.1) is 5.56 Å². The van der Waals surface area contributed by atoms with Crippen LogP contribution < -0.4 is 5.32 Å². The largest absolute Gasteiger partial charge is 0.478 e. The number of rotatable bonds is 4. The van der Waals surface area contributed by atoms with E-state index in [0.29, 0.717) is 6.54 Å². The van der Waals surface area contributed by atoms with Crippen LogP contribution in [0.4, 0.5) is 14.5 Å². The van der Waals surface area contributed by atoms with E-state index in [1.54, 1.807) is 0 Å². The van der Waals surface area contributed by atoms with E-state index in [1.165, 1.54) is 0 Å². The Kier molecular flexibility index (Phi) is 4.54. The minimum Gasteiger partial charge on any atom is -0.478 e. The van der Waals surface area contributed by atoms with Crippen molar-refractivity contribution in [3.8, 4) is 0 Å². The van der Waals surface area contributed by atoms with E-state index in [0.717, 1.165) is 37.9 Å². The van der Waals surface area contributed by atoms with E-state index in [-0.39, 0.29) is 17.3 Å². The maximum atomic E-state index is 13.7. The minimum atomic E-state index is -1.35. The predicted octanol–water partition coefficient (Wildman–Crippen LogP) is 2.56. The third-order valence-electron chi connectivity index (χ3n) is 3.73. The third-order valence-corrected chi connectivity index (χ3v) is 3.73. The van der Waals surface area contributed by atoms with Crippen molar-refractivity contribution in [1.29, 1.82) is 0 Å². The van der Waals surface area contributed by atoms with Gasteiger partial charge in [0.15, 0.2) is 0 Å². The summed E-state index contributed by atoms with van der Waals surface area (Å²) in [5.41, 5.74) is -0.644. The summed E-state index contributed by atoms with van der Waals surface area (Å²) in [6.45, 7) is 1.42. The summed E-state index contributed by atoms with van der Waals surface area (Å²) in [6, 6.07) is 1.90. The highest BCUT2D eigenvalue weighted by Crippen LogP contribution is 2.22. The van der Waals surface area contributed by atoms with Gasteiger partial charge in [0, 0.05) is 12.6 Å². The van der Waals surface area contributed by atoms with Crippen LogP contribution >= 0.6 is 0 Å². The molecule has 1 aliphatic rings. The fraction of sp³-hybridized carbons (Fsp3) is 0.500. The molecule has 0 saturated carbocycles. The van der Waals surface area contributed by atoms with Gasteiger partial charge in [-0.05, 0) is 38.6 Å². The Morgan fingerprint density at radius 3 is 2.60 bits per heavy atom. The van der Waals surface area contributed by atoms with Gasteiger partial charge in [-0.15, -0.1) is 0 Å². The Morgan fingerprint density at radius 2 is 2.05 bits per heavy atom. The van der Waals surface area contributed by atoms with Gasteiger partial charge < -0.3 is 15.3 Å². The number of nitrogens with zero attached hydrogens (tertiary/aromatic N) is 1. The van der Waals surface area contributed by atoms with E-state index in [9.17, 15) is 13.6 Å². The molecule has 1 aromatic rings. The first kappa shape index (κ1) is 14.7. The lowest BCUT2D eigenvalue weighted by molar-refractivity contribution is 0.0696. The van der Waals surface area contributed by atoms with E-state index in [4.69, 9.17) is 5.11 Å². The number of carbonyl (C=O) groups is 1. The first-order valence-electron chi connectivity index (χ1n) is 6.65. The molecule has 0 aliphatic carbocycles. The number of carboxylic acid groups (broad SMARTS) is 1. The van der Waals surface area contributed by atoms with Crippen LogP contribution in [0.5, 0.6) is 0 Å². The molecule has 2 N–H and O–H groups in total. The summed E-state index contributed by atoms with van der Waals surface area (Å²) in [4.78, 5) is 12.9. The molecule has 110 valence electrons. The summed E-state index contributed by atoms with van der Waals surface area (Å²) in [5.74, 6) is -3.09. The number of anilines is 1. The lowest BCUT2D eigenvalue weighted by Gasteiger charge is -2.32. The molecule has 6 heteroatoms. The van der Waals surface area contributed by atoms with E-state index in [1.807, 2.05) is 7.05 Å². The molecule has 0 spiro atoms. The molecule has 4 nitrogen and oxygen atoms in total. The smallest absolute Gasteiger partial charge is 0.335 e. The van der Waals surface area contributed by atoms with Crippen LogP contribution in [0.2, 0.25) is 0 Å². The van der Waals surface area contributed by atoms with Crippen LogP contribution in [0.15, 0.2) is 12.1 Å². The van der Waals surface area contributed by atoms with Crippen LogP contribution in [-0.4, -0.2) is 42.2 Å². The number of halogens is 2. The fourth-order valence-corrected chi connectivity index (χ4v) is 2.49. The highest BCUT2D eigenvalue weighted by Gasteiger charge is 2.20. The molecule has 0 radical (unpaired) electrons. The zero-order chi connectivity index (χ0) is 14.7. The van der Waals surface area contributed by atoms with Crippen molar-refractivity contribution >= 4 is 11.7 Å². The molecule has 1 aromatic carbocycles. The van der Waals surface area contributed by atoms with Crippen LogP contribution in [0, 0.1) is 11.6 Å². The van der Waals surface area contributed by atoms with Gasteiger partial charge in [-0.1, -0.05) is 6.42 Å². The van der Waals surface area contributed by atoms with Crippen LogP contribution in [-0.2, 0) is 0 Å². The van der Waals surface area contributed by atoms with E-state index >= 15 is 0 Å². The number of likely N-dealkylation sites (N-methyl/N-ethyl adjacent to an activating group) is 1. The number of nitrogens with one attached hydrogen (secondary N) is 1. The molecule has 1 aliphatic heterocycles. The molecule has 0 aromatic heterocycles. The second-order valence-electron chi connectivity index (χ2n) is 5.13. The maximum absolute atomic E-state index is 13.7. The lowest BCUT2D eigenvalue weighted by Crippen LogP contribution is -2.41. The normalized spacial score (nSPS) is 19.9. The summed E-state index contributed by atoms with van der Waals surface area (Å²) in [5, 5.41) is 11.5. The monoisotopic (exact) mass is 284 g/mol. The predicted molar refractivity (Wildman–Crippen MR) is 72.1 cm³/mol. The number of hydrogen-bond donors (Lipinski definition) is 2. The van der Waals surface area contributed by atoms with Crippen LogP contribution in [0.25, 0.3) is 0 Å². The number of benzene rings is 1. The van der Waals surface area contributed by atoms with Crippen molar-refractivity contribution in [2.45, 2.75) is 25.3 Å². The van der Waals surface area contributed by atoms with Crippen LogP contribution in [0.1, 0.15) is 29.6 Å². The van der Waals surface area contributed by atoms with Crippen molar-refractivity contribution < 1.29 is 18.7 Å². The van der Waals surface area contributed by atoms with Crippen molar-refractivity contribution in [3.63, 3.8) is 0 Å². The summed E-state index contributed by atoms with van der Waals surface area (Å²) < 4.78 is 27.5. The first-order valence-corrected chi connectivity index (χ1v) is 6.65. The zero-order valence-electron chi connectivity index (χ0n) is 11.3. The number of aromatic carboxylic acids is 1. The highest BCUT2D eigenvalue weighted by molar-refractivity contribution is 5.88. The molecule has 0 bridgehead atoms. The summed E-state index contributed by atoms with van der Waals surface area (Å²) in [6.07, 6.45) is 3.24. The van der Waals surface area contributed by atoms with Crippen molar-refractivity contribution in [3.05, 3.63) is 29.3 Å². The summed E-state index contributed by atoms with van der Waals surface area (Å²) in [7, 11) is 1.99. The van der Waals surface area contributed by atoms with Gasteiger partial charge >= 0.3 is 5.97 Å². The van der Waals surface area contributed by atoms with Gasteiger partial charge in [0.2, 0.25) is 0 Å². The second kappa shape index (κ2) is 6.17. The Balaban J connectivity index is 2.07. The van der Waals surface area contributed by atoms with Gasteiger partial charge in [0.25, 0.3) is 0 Å². The Bertz CT molecular complexity index is 485. The average Bonchev–Trinajstić information content (AvgIpc) is 2.39. The second-order valence-corrected chi connectivity index (χ2v) is 5.13. The van der Waals surface area contributed by atoms with E-state index in [2.05, 4.69) is 10.2 Å². The molecule has 1 fully saturated rings. The fourth-order valence-electron chi connectivity index (χ4n) is 2.49. The summed E-state index contributed by atoms with van der Waals surface area (Å²) >= 11 is 0. The van der Waals surface area contributed by atoms with Gasteiger partial charge in [0.1, 0.15) is 17.3 Å². The van der Waals surface area contributed by atoms with Crippen molar-refractivity contribution in [2.24, 2.45) is 0 Å². The minimum absolute atomic E-state index is 0.238. The Labute approximate surface area is 116 Å². The zero-order valence-corrected chi connectivity index (χ0v) is 11.3. The topological polar surface area (TPSA) is 52.6 Å². The number of carboxylic acids is 1. The molecule has 1 saturated heterocycles. The number of hydrogen-bond acceptors (Lipinski definition) is 3. The average molecular weight is 284 g/mol. The standard InChI is InChI=1S/C14H18F2N2O2/c1-18-5-3-2-4-10(18)8-17-13-11(15)6-9(14(19)20)7-12(13)16/h6-7,10,17H,2-5,8H2,1H3,(H,19,20). The van der Waals surface area contributed by atoms with Crippen molar-refractivity contribution in [1.82, 2.24) is 4.90 Å². The molecule has 1 heterocycles. The lowest BCUT2D eigenvalue weighted by atomic mass is 10.0. The SMILES string of the molecule is CN1CCCCC1CNc1c(F)cc(C(=O)O)cc1F. The highest BCUT2D eigenvalue weighted by atomic mass is 19.1. The molecule has 2 rings (SSSR count). The van der Waals surface area contributed by atoms with E-state index < -0.39 is 17.6 Å². The molecule has 0 amide bonds. The number of piperidine rings is 1. The molecular weight excluding hydrogens is 266 g/mol. The maximum Gasteiger partial charge on any atom is 0.335 e. The van der Waals surface area contributed by atoms with Gasteiger partial charge in [-0.3, -0.25) is 0 Å². The molecule has 20 heavy (non-hydrogen) atoms. The van der Waals surface area contributed by atoms with Gasteiger partial charge in [-0.2, -0.15) is 0 Å². The number of likely N-dealkylation sites (tertiary alicyclic amines) is 1. The Hall–Kier alpha value is -1.69. The molecule has 1 unspecified atom stereocenters. The first-order chi connectivity index (χ1) is 9.49. The molecule has 1 atom stereocenters. The molecular formula is C14H18F2N2O2. The van der Waals surface area contributed by atoms with Crippen LogP contribution in [0.3, 0.4) is 0 Å².